The first-order chi connectivity index (χ1) is 8.77. The van der Waals surface area contributed by atoms with E-state index in [0.29, 0.717) is 17.8 Å². The first-order valence-electron chi connectivity index (χ1n) is 7.50. The van der Waals surface area contributed by atoms with Crippen molar-refractivity contribution in [3.8, 4) is 0 Å². The fraction of sp³-hybridized carbons (Fsp3) is 0.647. The van der Waals surface area contributed by atoms with Crippen LogP contribution in [0.4, 0.5) is 0 Å². The van der Waals surface area contributed by atoms with Crippen LogP contribution >= 0.6 is 0 Å². The normalized spacial score (nSPS) is 25.7. The van der Waals surface area contributed by atoms with Crippen LogP contribution in [0, 0.1) is 11.8 Å². The molecule has 1 saturated carbocycles. The molecule has 4 unspecified atom stereocenters. The predicted octanol–water partition coefficient (Wildman–Crippen LogP) is 4.37. The van der Waals surface area contributed by atoms with Gasteiger partial charge in [-0.05, 0) is 36.2 Å². The van der Waals surface area contributed by atoms with E-state index in [1.165, 1.54) is 31.2 Å². The lowest BCUT2D eigenvalue weighted by Gasteiger charge is -2.21. The van der Waals surface area contributed by atoms with E-state index in [2.05, 4.69) is 44.2 Å². The van der Waals surface area contributed by atoms with Crippen LogP contribution in [0.3, 0.4) is 0 Å². The molecule has 0 aliphatic heterocycles. The minimum Gasteiger partial charge on any atom is -0.393 e. The van der Waals surface area contributed by atoms with Crippen LogP contribution in [0.5, 0.6) is 0 Å². The summed E-state index contributed by atoms with van der Waals surface area (Å²) in [6.07, 6.45) is 5.86. The summed E-state index contributed by atoms with van der Waals surface area (Å²) in [7, 11) is 0. The van der Waals surface area contributed by atoms with E-state index in [0.717, 1.165) is 6.42 Å². The fourth-order valence-electron chi connectivity index (χ4n) is 3.11. The lowest BCUT2D eigenvalue weighted by atomic mass is 9.89. The van der Waals surface area contributed by atoms with Crippen molar-refractivity contribution in [2.24, 2.45) is 11.8 Å². The third kappa shape index (κ3) is 3.14. The van der Waals surface area contributed by atoms with Crippen LogP contribution in [0.15, 0.2) is 30.3 Å². The third-order valence-electron chi connectivity index (χ3n) is 4.44. The Morgan fingerprint density at radius 1 is 1.22 bits per heavy atom. The monoisotopic (exact) mass is 246 g/mol. The first kappa shape index (κ1) is 13.6. The van der Waals surface area contributed by atoms with Crippen LogP contribution < -0.4 is 0 Å². The summed E-state index contributed by atoms with van der Waals surface area (Å²) < 4.78 is 0. The number of aliphatic hydroxyl groups is 1. The molecule has 0 bridgehead atoms. The van der Waals surface area contributed by atoms with Crippen molar-refractivity contribution in [1.82, 2.24) is 0 Å². The van der Waals surface area contributed by atoms with Crippen LogP contribution in [-0.4, -0.2) is 11.2 Å². The van der Waals surface area contributed by atoms with Gasteiger partial charge >= 0.3 is 0 Å². The number of hydrogen-bond donors (Lipinski definition) is 1. The molecular weight excluding hydrogens is 220 g/mol. The number of benzene rings is 1. The molecule has 1 aliphatic rings. The van der Waals surface area contributed by atoms with Gasteiger partial charge in [-0.25, -0.2) is 0 Å². The summed E-state index contributed by atoms with van der Waals surface area (Å²) >= 11 is 0. The summed E-state index contributed by atoms with van der Waals surface area (Å²) in [6, 6.07) is 10.7. The van der Waals surface area contributed by atoms with E-state index in [-0.39, 0.29) is 6.10 Å². The maximum atomic E-state index is 10.5. The molecule has 0 saturated heterocycles. The van der Waals surface area contributed by atoms with Gasteiger partial charge in [-0.1, -0.05) is 63.4 Å². The molecule has 4 atom stereocenters. The summed E-state index contributed by atoms with van der Waals surface area (Å²) in [5, 5.41) is 10.5. The van der Waals surface area contributed by atoms with Crippen LogP contribution in [0.1, 0.15) is 57.4 Å². The SMILES string of the molecule is CCCCC(CC)C(O)C1CC1c1ccccc1. The second kappa shape index (κ2) is 6.38. The van der Waals surface area contributed by atoms with Gasteiger partial charge in [0.05, 0.1) is 6.10 Å². The predicted molar refractivity (Wildman–Crippen MR) is 76.6 cm³/mol. The Kier molecular flexibility index (Phi) is 4.82. The van der Waals surface area contributed by atoms with E-state index in [1.807, 2.05) is 0 Å². The topological polar surface area (TPSA) is 20.2 Å². The highest BCUT2D eigenvalue weighted by Gasteiger charge is 2.45. The Morgan fingerprint density at radius 2 is 1.94 bits per heavy atom. The van der Waals surface area contributed by atoms with Crippen molar-refractivity contribution in [3.05, 3.63) is 35.9 Å². The van der Waals surface area contributed by atoms with Gasteiger partial charge in [-0.15, -0.1) is 0 Å². The van der Waals surface area contributed by atoms with Gasteiger partial charge in [0.15, 0.2) is 0 Å². The molecule has 1 heteroatoms. The van der Waals surface area contributed by atoms with Crippen molar-refractivity contribution in [1.29, 1.82) is 0 Å². The Morgan fingerprint density at radius 3 is 2.56 bits per heavy atom. The highest BCUT2D eigenvalue weighted by atomic mass is 16.3. The van der Waals surface area contributed by atoms with Crippen LogP contribution in [0.2, 0.25) is 0 Å². The largest absolute Gasteiger partial charge is 0.393 e. The second-order valence-electron chi connectivity index (χ2n) is 5.72. The minimum atomic E-state index is -0.0910. The van der Waals surface area contributed by atoms with Crippen LogP contribution in [0.25, 0.3) is 0 Å². The zero-order valence-electron chi connectivity index (χ0n) is 11.7. The standard InChI is InChI=1S/C17H26O/c1-3-5-9-13(4-2)17(18)16-12-15(16)14-10-7-6-8-11-14/h6-8,10-11,13,15-18H,3-5,9,12H2,1-2H3. The number of hydrogen-bond acceptors (Lipinski definition) is 1. The highest BCUT2D eigenvalue weighted by molar-refractivity contribution is 5.26. The van der Waals surface area contributed by atoms with E-state index in [9.17, 15) is 5.11 Å². The number of rotatable bonds is 7. The molecule has 1 nitrogen and oxygen atoms in total. The highest BCUT2D eigenvalue weighted by Crippen LogP contribution is 2.51. The van der Waals surface area contributed by atoms with Gasteiger partial charge in [-0.3, -0.25) is 0 Å². The van der Waals surface area contributed by atoms with Gasteiger partial charge in [0, 0.05) is 0 Å². The molecule has 0 heterocycles. The van der Waals surface area contributed by atoms with Gasteiger partial charge in [0.2, 0.25) is 0 Å². The quantitative estimate of drug-likeness (QED) is 0.757. The van der Waals surface area contributed by atoms with E-state index >= 15 is 0 Å². The number of aliphatic hydroxyl groups excluding tert-OH is 1. The molecule has 1 fully saturated rings. The van der Waals surface area contributed by atoms with E-state index < -0.39 is 0 Å². The van der Waals surface area contributed by atoms with Gasteiger partial charge in [0.1, 0.15) is 0 Å². The Bertz CT molecular complexity index is 346. The maximum absolute atomic E-state index is 10.5. The fourth-order valence-corrected chi connectivity index (χ4v) is 3.11. The van der Waals surface area contributed by atoms with Crippen molar-refractivity contribution >= 4 is 0 Å². The molecule has 1 aromatic rings. The van der Waals surface area contributed by atoms with Gasteiger partial charge in [0.25, 0.3) is 0 Å². The minimum absolute atomic E-state index is 0.0910. The van der Waals surface area contributed by atoms with Crippen molar-refractivity contribution in [2.45, 2.75) is 58.0 Å². The molecule has 1 N–H and O–H groups in total. The molecule has 0 radical (unpaired) electrons. The molecule has 0 amide bonds. The zero-order chi connectivity index (χ0) is 13.0. The molecule has 0 aromatic heterocycles. The van der Waals surface area contributed by atoms with Crippen LogP contribution in [-0.2, 0) is 0 Å². The summed E-state index contributed by atoms with van der Waals surface area (Å²) in [5.41, 5.74) is 1.41. The average Bonchev–Trinajstić information content (AvgIpc) is 3.20. The summed E-state index contributed by atoms with van der Waals surface area (Å²) in [5.74, 6) is 1.62. The van der Waals surface area contributed by atoms with Gasteiger partial charge < -0.3 is 5.11 Å². The molecule has 18 heavy (non-hydrogen) atoms. The molecule has 100 valence electrons. The number of unbranched alkanes of at least 4 members (excludes halogenated alkanes) is 1. The smallest absolute Gasteiger partial charge is 0.0602 e. The van der Waals surface area contributed by atoms with Crippen molar-refractivity contribution in [3.63, 3.8) is 0 Å². The van der Waals surface area contributed by atoms with E-state index in [1.54, 1.807) is 0 Å². The Balaban J connectivity index is 1.89. The molecule has 2 rings (SSSR count). The molecule has 0 spiro atoms. The maximum Gasteiger partial charge on any atom is 0.0602 e. The molecular formula is C17H26O. The Labute approximate surface area is 111 Å². The average molecular weight is 246 g/mol. The molecule has 1 aliphatic carbocycles. The first-order valence-corrected chi connectivity index (χ1v) is 7.50. The lowest BCUT2D eigenvalue weighted by Crippen LogP contribution is -2.22. The zero-order valence-corrected chi connectivity index (χ0v) is 11.7. The van der Waals surface area contributed by atoms with Crippen molar-refractivity contribution < 1.29 is 5.11 Å². The summed E-state index contributed by atoms with van der Waals surface area (Å²) in [6.45, 7) is 4.44. The van der Waals surface area contributed by atoms with E-state index in [4.69, 9.17) is 0 Å². The van der Waals surface area contributed by atoms with Crippen molar-refractivity contribution in [2.75, 3.05) is 0 Å². The third-order valence-corrected chi connectivity index (χ3v) is 4.44. The second-order valence-corrected chi connectivity index (χ2v) is 5.72. The lowest BCUT2D eigenvalue weighted by molar-refractivity contribution is 0.0764. The molecule has 1 aromatic carbocycles. The summed E-state index contributed by atoms with van der Waals surface area (Å²) in [4.78, 5) is 0. The van der Waals surface area contributed by atoms with Gasteiger partial charge in [-0.2, -0.15) is 0 Å². The Hall–Kier alpha value is -0.820.